The lowest BCUT2D eigenvalue weighted by atomic mass is 9.78. The molecule has 0 saturated heterocycles. The van der Waals surface area contributed by atoms with Crippen molar-refractivity contribution in [3.63, 3.8) is 0 Å². The van der Waals surface area contributed by atoms with E-state index in [4.69, 9.17) is 39.9 Å². The van der Waals surface area contributed by atoms with Crippen LogP contribution in [0.5, 0.6) is 0 Å². The molecule has 26 rings (SSSR count). The number of hydrogen-bond acceptors (Lipinski definition) is 8. The van der Waals surface area contributed by atoms with Crippen LogP contribution in [-0.4, -0.2) is 44.4 Å². The van der Waals surface area contributed by atoms with E-state index in [0.29, 0.717) is 23.3 Å². The fourth-order valence-electron chi connectivity index (χ4n) is 21.4. The van der Waals surface area contributed by atoms with E-state index < -0.39 is 0 Å². The first-order valence-corrected chi connectivity index (χ1v) is 46.7. The van der Waals surface area contributed by atoms with Crippen molar-refractivity contribution in [1.82, 2.24) is 44.4 Å². The van der Waals surface area contributed by atoms with E-state index in [1.165, 1.54) is 122 Å². The van der Waals surface area contributed by atoms with E-state index in [-0.39, 0.29) is 16.2 Å². The molecular formula is C127H91N9. The molecule has 17 aromatic carbocycles. The highest BCUT2D eigenvalue weighted by Gasteiger charge is 2.43. The Labute approximate surface area is 790 Å². The number of pyridine rings is 3. The van der Waals surface area contributed by atoms with Gasteiger partial charge in [0, 0.05) is 98.9 Å². The minimum absolute atomic E-state index is 0.152. The Morgan fingerprint density at radius 2 is 0.456 bits per heavy atom. The summed E-state index contributed by atoms with van der Waals surface area (Å²) in [6.07, 6.45) is 0. The zero-order valence-corrected chi connectivity index (χ0v) is 76.2. The van der Waals surface area contributed by atoms with Crippen LogP contribution in [0.3, 0.4) is 0 Å². The summed E-state index contributed by atoms with van der Waals surface area (Å²) in [5.41, 5.74) is 40.4. The van der Waals surface area contributed by atoms with Gasteiger partial charge >= 0.3 is 0 Å². The smallest absolute Gasteiger partial charge is 0.164 e. The van der Waals surface area contributed by atoms with E-state index in [1.807, 2.05) is 48.5 Å². The largest absolute Gasteiger partial charge is 0.309 e. The number of benzene rings is 17. The highest BCUT2D eigenvalue weighted by atomic mass is 15.0. The molecule has 0 unspecified atom stereocenters. The van der Waals surface area contributed by atoms with Crippen LogP contribution in [0.15, 0.2) is 443 Å². The zero-order chi connectivity index (χ0) is 91.3. The fourth-order valence-corrected chi connectivity index (χ4v) is 21.4. The van der Waals surface area contributed by atoms with Gasteiger partial charge in [0.25, 0.3) is 0 Å². The summed E-state index contributed by atoms with van der Waals surface area (Å²) in [5, 5.41) is 6.05. The summed E-state index contributed by atoms with van der Waals surface area (Å²) in [6.45, 7) is 14.0. The highest BCUT2D eigenvalue weighted by Crippen LogP contribution is 2.58. The molecule has 136 heavy (non-hydrogen) atoms. The maximum Gasteiger partial charge on any atom is 0.164 e. The van der Waals surface area contributed by atoms with Gasteiger partial charge in [-0.2, -0.15) is 0 Å². The third kappa shape index (κ3) is 14.2. The summed E-state index contributed by atoms with van der Waals surface area (Å²) in [6, 6.07) is 156. The first-order chi connectivity index (χ1) is 66.7. The molecule has 0 bridgehead atoms. The molecule has 0 fully saturated rings. The third-order valence-electron chi connectivity index (χ3n) is 27.9. The molecule has 3 aliphatic rings. The number of nitrogens with zero attached hydrogens (tertiary/aromatic N) is 9. The van der Waals surface area contributed by atoms with Crippen LogP contribution in [0.2, 0.25) is 0 Å². The zero-order valence-electron chi connectivity index (χ0n) is 76.2. The molecule has 9 nitrogen and oxygen atoms in total. The van der Waals surface area contributed by atoms with Crippen LogP contribution in [-0.2, 0) is 16.2 Å². The molecule has 6 heterocycles. The Kier molecular flexibility index (Phi) is 20.1. The molecular weight excluding hydrogens is 1650 g/mol. The van der Waals surface area contributed by atoms with Gasteiger partial charge in [-0.3, -0.25) is 0 Å². The second-order valence-electron chi connectivity index (χ2n) is 37.2. The predicted octanol–water partition coefficient (Wildman–Crippen LogP) is 32.0. The Balaban J connectivity index is 0.000000113. The summed E-state index contributed by atoms with van der Waals surface area (Å²) >= 11 is 0. The SMILES string of the molecule is CC1(C)c2ccccc2-c2nc3ccccc3c(-c3cccc(-c4cc(-c5ccccc5)nc(-c5ccc(-c6ccccc6)cc5)n4)c3)c21.CC1(C)c2ccccc2-c2nc3ccccc3c(-c3cccc(-c4nc(-c5ccccc5)nc(-c5ccc(-c6ccccc6)cc5)n4)c3)c21.CC1(C)c2ccccc2-c2nc3ccccc3c(-c3cccc(-n4c5ccccc5c5ccccc54)c3)c21. The van der Waals surface area contributed by atoms with Gasteiger partial charge in [-0.25, -0.2) is 39.9 Å². The second-order valence-corrected chi connectivity index (χ2v) is 37.2. The van der Waals surface area contributed by atoms with Gasteiger partial charge < -0.3 is 4.57 Å². The fraction of sp³-hybridized carbons (Fsp3) is 0.0709. The van der Waals surface area contributed by atoms with Crippen LogP contribution in [0.25, 0.3) is 218 Å². The molecule has 9 heteroatoms. The predicted molar refractivity (Wildman–Crippen MR) is 561 cm³/mol. The first kappa shape index (κ1) is 82.0. The number of para-hydroxylation sites is 5. The molecule has 23 aromatic rings. The van der Waals surface area contributed by atoms with E-state index >= 15 is 0 Å². The van der Waals surface area contributed by atoms with Gasteiger partial charge in [-0.05, 0) is 150 Å². The van der Waals surface area contributed by atoms with Crippen molar-refractivity contribution in [2.24, 2.45) is 0 Å². The molecule has 0 N–H and O–H groups in total. The lowest BCUT2D eigenvalue weighted by molar-refractivity contribution is 0.661. The normalized spacial score (nSPS) is 13.1. The second kappa shape index (κ2) is 33.3. The maximum absolute atomic E-state index is 5.25. The molecule has 0 amide bonds. The van der Waals surface area contributed by atoms with Crippen molar-refractivity contribution in [2.75, 3.05) is 0 Å². The van der Waals surface area contributed by atoms with Crippen LogP contribution in [0, 0.1) is 0 Å². The van der Waals surface area contributed by atoms with Crippen LogP contribution >= 0.6 is 0 Å². The van der Waals surface area contributed by atoms with Crippen molar-refractivity contribution in [1.29, 1.82) is 0 Å². The summed E-state index contributed by atoms with van der Waals surface area (Å²) in [5.74, 6) is 2.62. The van der Waals surface area contributed by atoms with Gasteiger partial charge in [0.1, 0.15) is 0 Å². The van der Waals surface area contributed by atoms with Crippen LogP contribution < -0.4 is 0 Å². The van der Waals surface area contributed by atoms with Gasteiger partial charge in [0.2, 0.25) is 0 Å². The number of rotatable bonds is 12. The van der Waals surface area contributed by atoms with E-state index in [0.717, 1.165) is 106 Å². The summed E-state index contributed by atoms with van der Waals surface area (Å²) < 4.78 is 2.40. The number of aromatic nitrogens is 9. The summed E-state index contributed by atoms with van der Waals surface area (Å²) in [7, 11) is 0. The molecule has 644 valence electrons. The quantitative estimate of drug-likeness (QED) is 0.119. The van der Waals surface area contributed by atoms with E-state index in [1.54, 1.807) is 0 Å². The molecule has 0 aliphatic heterocycles. The van der Waals surface area contributed by atoms with Gasteiger partial charge in [0.15, 0.2) is 23.3 Å². The lowest BCUT2D eigenvalue weighted by Crippen LogP contribution is -2.16. The molecule has 0 radical (unpaired) electrons. The maximum atomic E-state index is 5.25. The molecule has 0 spiro atoms. The molecule has 6 aromatic heterocycles. The Morgan fingerprint density at radius 1 is 0.184 bits per heavy atom. The Morgan fingerprint density at radius 3 is 0.875 bits per heavy atom. The van der Waals surface area contributed by atoms with Gasteiger partial charge in [-0.1, -0.05) is 424 Å². The van der Waals surface area contributed by atoms with Crippen molar-refractivity contribution in [3.05, 3.63) is 476 Å². The lowest BCUT2D eigenvalue weighted by Gasteiger charge is -2.25. The molecule has 3 aliphatic carbocycles. The monoisotopic (exact) mass is 1740 g/mol. The third-order valence-corrected chi connectivity index (χ3v) is 27.9. The summed E-state index contributed by atoms with van der Waals surface area (Å²) in [4.78, 5) is 41.2. The van der Waals surface area contributed by atoms with Crippen LogP contribution in [0.1, 0.15) is 74.9 Å². The highest BCUT2D eigenvalue weighted by molar-refractivity contribution is 6.11. The first-order valence-electron chi connectivity index (χ1n) is 46.7. The van der Waals surface area contributed by atoms with Gasteiger partial charge in [0.05, 0.1) is 56.1 Å². The minimum Gasteiger partial charge on any atom is -0.309 e. The average Bonchev–Trinajstić information content (AvgIpc) is 1.56. The minimum atomic E-state index is -0.221. The van der Waals surface area contributed by atoms with Crippen molar-refractivity contribution < 1.29 is 0 Å². The number of hydrogen-bond donors (Lipinski definition) is 0. The number of fused-ring (bicyclic) bond motifs is 15. The van der Waals surface area contributed by atoms with Crippen molar-refractivity contribution in [3.8, 4) is 163 Å². The standard InChI is InChI=1S/C46H33N3.C45H32N4.C36H26N2/c1-46(2)38-22-11-9-20-36(38)44-43(46)42(37-21-10-12-23-39(37)47-44)35-19-13-18-34(28-35)41-29-40(32-16-7-4-8-17-32)48-45(49-41)33-26-24-31(25-27-33)30-14-5-3-6-15-30;1-45(2)37-22-11-9-20-35(37)41-40(45)39(36-21-10-12-23-38(36)46-41)33-18-13-19-34(28-33)44-48-42(31-16-7-4-8-17-31)47-43(49-44)32-26-24-30(25-27-32)29-14-5-3-6-15-29;1-36(2)29-18-7-3-16-27(29)35-34(36)33(28-17-4-8-19-30(28)37-35)23-12-11-13-24(22-23)38-31-20-9-5-14-25(31)26-15-6-10-21-32(26)38/h3-29H,1-2H3;3-28H,1-2H3;3-22H,1-2H3. The van der Waals surface area contributed by atoms with Crippen molar-refractivity contribution in [2.45, 2.75) is 57.8 Å². The Bertz CT molecular complexity index is 8250. The molecule has 0 atom stereocenters. The Hall–Kier alpha value is -17.1. The topological polar surface area (TPSA) is 108 Å². The van der Waals surface area contributed by atoms with Gasteiger partial charge in [-0.15, -0.1) is 0 Å². The van der Waals surface area contributed by atoms with E-state index in [9.17, 15) is 0 Å². The average molecular weight is 1740 g/mol. The molecule has 0 saturated carbocycles. The van der Waals surface area contributed by atoms with Crippen LogP contribution in [0.4, 0.5) is 0 Å². The van der Waals surface area contributed by atoms with Crippen molar-refractivity contribution >= 4 is 54.5 Å². The van der Waals surface area contributed by atoms with E-state index in [2.05, 4.69) is 440 Å².